The minimum atomic E-state index is -4.11. The number of benzene rings is 3. The molecule has 0 radical (unpaired) electrons. The number of ether oxygens (including phenoxy) is 1. The molecule has 192 valence electrons. The van der Waals surface area contributed by atoms with Crippen LogP contribution in [0.5, 0.6) is 5.75 Å². The van der Waals surface area contributed by atoms with E-state index in [0.29, 0.717) is 5.69 Å². The first-order valence-electron chi connectivity index (χ1n) is 10.7. The fourth-order valence-electron chi connectivity index (χ4n) is 3.29. The molecule has 0 saturated carbocycles. The van der Waals surface area contributed by atoms with Gasteiger partial charge in [0.15, 0.2) is 0 Å². The number of methoxy groups -OCH3 is 1. The van der Waals surface area contributed by atoms with Crippen molar-refractivity contribution < 1.29 is 26.4 Å². The third kappa shape index (κ3) is 6.55. The van der Waals surface area contributed by atoms with Crippen LogP contribution in [0.1, 0.15) is 29.8 Å². The first-order chi connectivity index (χ1) is 16.8. The Morgan fingerprint density at radius 2 is 1.67 bits per heavy atom. The van der Waals surface area contributed by atoms with Crippen LogP contribution >= 0.6 is 11.6 Å². The minimum absolute atomic E-state index is 0.0142. The summed E-state index contributed by atoms with van der Waals surface area (Å²) < 4.78 is 61.3. The van der Waals surface area contributed by atoms with E-state index in [1.807, 2.05) is 13.0 Å². The average Bonchev–Trinajstić information content (AvgIpc) is 2.78. The predicted octanol–water partition coefficient (Wildman–Crippen LogP) is 4.40. The smallest absolute Gasteiger partial charge is 0.263 e. The van der Waals surface area contributed by atoms with Crippen molar-refractivity contribution in [2.75, 3.05) is 17.1 Å². The average molecular weight is 552 g/mol. The van der Waals surface area contributed by atoms with Gasteiger partial charge in [0.05, 0.1) is 22.7 Å². The van der Waals surface area contributed by atoms with E-state index in [9.17, 15) is 21.6 Å². The van der Waals surface area contributed by atoms with E-state index in [-0.39, 0.29) is 37.9 Å². The highest BCUT2D eigenvalue weighted by atomic mass is 35.5. The number of carbonyl (C=O) groups excluding carboxylic acids is 1. The molecule has 0 aromatic heterocycles. The van der Waals surface area contributed by atoms with E-state index < -0.39 is 26.0 Å². The number of carbonyl (C=O) groups is 1. The van der Waals surface area contributed by atoms with Gasteiger partial charge in [-0.25, -0.2) is 21.6 Å². The topological polar surface area (TPSA) is 131 Å². The number of hydrogen-bond donors (Lipinski definition) is 3. The van der Waals surface area contributed by atoms with E-state index >= 15 is 0 Å². The van der Waals surface area contributed by atoms with Gasteiger partial charge in [-0.1, -0.05) is 23.7 Å². The standard InChI is InChI=1S/C24H26ClN3O6S2/c1-15(2)27-35(30,31)19-9-11-22(34-4)21(14-19)26-24(29)17-8-10-20(25)23(13-17)36(32,33)28-18-7-5-6-16(3)12-18/h5-15,27-28H,1-4H3,(H,26,29). The predicted molar refractivity (Wildman–Crippen MR) is 140 cm³/mol. The summed E-state index contributed by atoms with van der Waals surface area (Å²) in [5, 5.41) is 2.51. The molecule has 0 aliphatic carbocycles. The highest BCUT2D eigenvalue weighted by Crippen LogP contribution is 2.30. The number of halogens is 1. The Hall–Kier alpha value is -3.12. The fraction of sp³-hybridized carbons (Fsp3) is 0.208. The number of hydrogen-bond acceptors (Lipinski definition) is 6. The molecule has 0 spiro atoms. The SMILES string of the molecule is COc1ccc(S(=O)(=O)NC(C)C)cc1NC(=O)c1ccc(Cl)c(S(=O)(=O)Nc2cccc(C)c2)c1. The lowest BCUT2D eigenvalue weighted by Gasteiger charge is -2.15. The van der Waals surface area contributed by atoms with Gasteiger partial charge in [0, 0.05) is 17.3 Å². The molecule has 1 amide bonds. The summed E-state index contributed by atoms with van der Waals surface area (Å²) in [6.07, 6.45) is 0. The van der Waals surface area contributed by atoms with E-state index in [1.165, 1.54) is 37.4 Å². The van der Waals surface area contributed by atoms with E-state index in [1.54, 1.807) is 32.0 Å². The fourth-order valence-corrected chi connectivity index (χ4v) is 6.15. The lowest BCUT2D eigenvalue weighted by atomic mass is 10.2. The van der Waals surface area contributed by atoms with Gasteiger partial charge >= 0.3 is 0 Å². The maximum absolute atomic E-state index is 13.0. The second kappa shape index (κ2) is 10.9. The van der Waals surface area contributed by atoms with Crippen LogP contribution in [0.4, 0.5) is 11.4 Å². The molecule has 0 aliphatic rings. The van der Waals surface area contributed by atoms with Crippen LogP contribution in [-0.4, -0.2) is 35.9 Å². The number of anilines is 2. The molecule has 0 unspecified atom stereocenters. The van der Waals surface area contributed by atoms with Gasteiger partial charge in [0.25, 0.3) is 15.9 Å². The van der Waals surface area contributed by atoms with Crippen LogP contribution in [0.2, 0.25) is 5.02 Å². The molecule has 3 aromatic carbocycles. The number of rotatable bonds is 9. The molecule has 0 saturated heterocycles. The highest BCUT2D eigenvalue weighted by molar-refractivity contribution is 7.92. The summed E-state index contributed by atoms with van der Waals surface area (Å²) in [4.78, 5) is 12.7. The quantitative estimate of drug-likeness (QED) is 0.361. The lowest BCUT2D eigenvalue weighted by Crippen LogP contribution is -2.30. The van der Waals surface area contributed by atoms with Crippen molar-refractivity contribution in [3.8, 4) is 5.75 Å². The van der Waals surface area contributed by atoms with Gasteiger partial charge in [0.2, 0.25) is 10.0 Å². The molecule has 12 heteroatoms. The highest BCUT2D eigenvalue weighted by Gasteiger charge is 2.22. The number of sulfonamides is 2. The van der Waals surface area contributed by atoms with Crippen molar-refractivity contribution in [1.29, 1.82) is 0 Å². The normalized spacial score (nSPS) is 11.8. The van der Waals surface area contributed by atoms with Crippen LogP contribution < -0.4 is 19.5 Å². The molecular formula is C24H26ClN3O6S2. The minimum Gasteiger partial charge on any atom is -0.495 e. The van der Waals surface area contributed by atoms with Gasteiger partial charge in [-0.3, -0.25) is 9.52 Å². The number of nitrogens with one attached hydrogen (secondary N) is 3. The largest absolute Gasteiger partial charge is 0.495 e. The van der Waals surface area contributed by atoms with Crippen molar-refractivity contribution in [1.82, 2.24) is 4.72 Å². The molecule has 3 N–H and O–H groups in total. The summed E-state index contributed by atoms with van der Waals surface area (Å²) >= 11 is 6.16. The molecule has 0 heterocycles. The Morgan fingerprint density at radius 3 is 2.31 bits per heavy atom. The molecule has 0 fully saturated rings. The molecule has 3 rings (SSSR count). The Bertz CT molecular complexity index is 1510. The second-order valence-corrected chi connectivity index (χ2v) is 12.0. The first-order valence-corrected chi connectivity index (χ1v) is 14.1. The van der Waals surface area contributed by atoms with Crippen LogP contribution in [-0.2, 0) is 20.0 Å². The molecule has 36 heavy (non-hydrogen) atoms. The van der Waals surface area contributed by atoms with Crippen molar-refractivity contribution in [3.05, 3.63) is 76.8 Å². The van der Waals surface area contributed by atoms with Crippen LogP contribution in [0, 0.1) is 6.92 Å². The van der Waals surface area contributed by atoms with Gasteiger partial charge in [-0.15, -0.1) is 0 Å². The lowest BCUT2D eigenvalue weighted by molar-refractivity contribution is 0.102. The zero-order valence-corrected chi connectivity index (χ0v) is 22.4. The Labute approximate surface area is 215 Å². The maximum Gasteiger partial charge on any atom is 0.263 e. The third-order valence-corrected chi connectivity index (χ3v) is 8.39. The summed E-state index contributed by atoms with van der Waals surface area (Å²) in [5.41, 5.74) is 1.28. The summed E-state index contributed by atoms with van der Waals surface area (Å²) in [5.74, 6) is -0.474. The zero-order valence-electron chi connectivity index (χ0n) is 20.0. The Kier molecular flexibility index (Phi) is 8.29. The molecule has 9 nitrogen and oxygen atoms in total. The van der Waals surface area contributed by atoms with Crippen molar-refractivity contribution in [3.63, 3.8) is 0 Å². The molecular weight excluding hydrogens is 526 g/mol. The van der Waals surface area contributed by atoms with Gasteiger partial charge in [-0.05, 0) is 74.9 Å². The van der Waals surface area contributed by atoms with Crippen LogP contribution in [0.3, 0.4) is 0 Å². The van der Waals surface area contributed by atoms with E-state index in [0.717, 1.165) is 11.6 Å². The Balaban J connectivity index is 1.93. The van der Waals surface area contributed by atoms with E-state index in [2.05, 4.69) is 14.8 Å². The molecule has 0 atom stereocenters. The number of amides is 1. The monoisotopic (exact) mass is 551 g/mol. The van der Waals surface area contributed by atoms with Crippen molar-refractivity contribution >= 4 is 48.9 Å². The first kappa shape index (κ1) is 27.5. The summed E-state index contributed by atoms with van der Waals surface area (Å²) in [7, 11) is -6.58. The summed E-state index contributed by atoms with van der Waals surface area (Å²) in [6, 6.07) is 14.3. The maximum atomic E-state index is 13.0. The molecule has 0 bridgehead atoms. The van der Waals surface area contributed by atoms with Gasteiger partial charge in [-0.2, -0.15) is 0 Å². The third-order valence-electron chi connectivity index (χ3n) is 4.87. The van der Waals surface area contributed by atoms with Gasteiger partial charge in [0.1, 0.15) is 10.6 Å². The second-order valence-electron chi connectivity index (χ2n) is 8.21. The van der Waals surface area contributed by atoms with Crippen molar-refractivity contribution in [2.45, 2.75) is 36.6 Å². The molecule has 3 aromatic rings. The van der Waals surface area contributed by atoms with E-state index in [4.69, 9.17) is 16.3 Å². The van der Waals surface area contributed by atoms with Crippen molar-refractivity contribution in [2.24, 2.45) is 0 Å². The molecule has 0 aliphatic heterocycles. The van der Waals surface area contributed by atoms with Gasteiger partial charge < -0.3 is 10.1 Å². The summed E-state index contributed by atoms with van der Waals surface area (Å²) in [6.45, 7) is 5.19. The number of aryl methyl sites for hydroxylation is 1. The Morgan fingerprint density at radius 1 is 0.944 bits per heavy atom. The zero-order chi connectivity index (χ0) is 26.7. The van der Waals surface area contributed by atoms with Crippen LogP contribution in [0.25, 0.3) is 0 Å². The van der Waals surface area contributed by atoms with Crippen LogP contribution in [0.15, 0.2) is 70.5 Å².